The van der Waals surface area contributed by atoms with Crippen molar-refractivity contribution in [3.05, 3.63) is 156 Å². The van der Waals surface area contributed by atoms with Crippen LogP contribution in [-0.2, 0) is 12.8 Å². The summed E-state index contributed by atoms with van der Waals surface area (Å²) in [5.74, 6) is 0. The van der Waals surface area contributed by atoms with Crippen LogP contribution < -0.4 is 0 Å². The first-order valence-corrected chi connectivity index (χ1v) is 13.9. The van der Waals surface area contributed by atoms with Crippen LogP contribution >= 0.6 is 11.6 Å². The fraction of sp³-hybridized carbons (Fsp3) is 0.0526. The van der Waals surface area contributed by atoms with E-state index in [1.807, 2.05) is 6.07 Å². The van der Waals surface area contributed by atoms with Crippen LogP contribution in [0, 0.1) is 0 Å². The first-order valence-electron chi connectivity index (χ1n) is 13.5. The fourth-order valence-corrected chi connectivity index (χ4v) is 6.20. The minimum Gasteiger partial charge on any atom is -0.0843 e. The molecule has 1 aliphatic carbocycles. The molecule has 0 spiro atoms. The van der Waals surface area contributed by atoms with Gasteiger partial charge in [-0.3, -0.25) is 0 Å². The highest BCUT2D eigenvalue weighted by molar-refractivity contribution is 6.31. The van der Waals surface area contributed by atoms with Crippen molar-refractivity contribution in [2.75, 3.05) is 0 Å². The van der Waals surface area contributed by atoms with Gasteiger partial charge in [0.05, 0.1) is 0 Å². The zero-order valence-corrected chi connectivity index (χ0v) is 22.3. The van der Waals surface area contributed by atoms with Gasteiger partial charge in [-0.1, -0.05) is 139 Å². The van der Waals surface area contributed by atoms with Gasteiger partial charge in [0.1, 0.15) is 0 Å². The van der Waals surface area contributed by atoms with Crippen LogP contribution in [0.2, 0.25) is 5.02 Å². The molecule has 0 radical (unpaired) electrons. The number of aryl methyl sites for hydroxylation is 2. The maximum absolute atomic E-state index is 6.55. The van der Waals surface area contributed by atoms with Gasteiger partial charge in [0, 0.05) is 5.02 Å². The zero-order valence-electron chi connectivity index (χ0n) is 21.6. The Morgan fingerprint density at radius 3 is 1.62 bits per heavy atom. The Bertz CT molecular complexity index is 1810. The molecule has 1 aliphatic rings. The number of benzene rings is 6. The van der Waals surface area contributed by atoms with Crippen LogP contribution in [-0.4, -0.2) is 0 Å². The van der Waals surface area contributed by atoms with Crippen molar-refractivity contribution in [1.29, 1.82) is 0 Å². The summed E-state index contributed by atoms with van der Waals surface area (Å²) in [6, 6.07) is 50.3. The molecule has 0 amide bonds. The minimum atomic E-state index is 0.764. The zero-order chi connectivity index (χ0) is 26.2. The first-order chi connectivity index (χ1) is 19.3. The normalized spacial score (nSPS) is 12.0. The Kier molecular flexibility index (Phi) is 6.11. The summed E-state index contributed by atoms with van der Waals surface area (Å²) in [6.07, 6.45) is 1.92. The smallest absolute Gasteiger partial charge is 0.0412 e. The molecule has 0 atom stereocenters. The lowest BCUT2D eigenvalue weighted by Gasteiger charge is -2.22. The van der Waals surface area contributed by atoms with E-state index in [9.17, 15) is 0 Å². The molecule has 0 saturated carbocycles. The van der Waals surface area contributed by atoms with Gasteiger partial charge in [-0.25, -0.2) is 0 Å². The summed E-state index contributed by atoms with van der Waals surface area (Å²) >= 11 is 6.55. The molecule has 39 heavy (non-hydrogen) atoms. The molecule has 6 aromatic rings. The standard InChI is InChI=1S/C38H27Cl/c39-30-21-23-37-36-17-9-8-16-35(36)34-22-20-29(33-15-7-6-13-31(33)26-10-2-1-3-11-26)24-28(34)19-18-27-12-4-5-14-32(27)38(37)25-30/h1-17,20-25H,18-19H2. The topological polar surface area (TPSA) is 0 Å². The lowest BCUT2D eigenvalue weighted by atomic mass is 9.82. The van der Waals surface area contributed by atoms with Crippen LogP contribution in [0.1, 0.15) is 11.1 Å². The summed E-state index contributed by atoms with van der Waals surface area (Å²) in [4.78, 5) is 0. The third-order valence-corrected chi connectivity index (χ3v) is 8.12. The number of hydrogen-bond donors (Lipinski definition) is 0. The highest BCUT2D eigenvalue weighted by Crippen LogP contribution is 2.43. The SMILES string of the molecule is Clc1ccc2c(c1)-c1ccccc1CCc1cc(-c3ccccc3-c3ccccc3)ccc1-c1ccccc1-2. The van der Waals surface area contributed by atoms with E-state index < -0.39 is 0 Å². The lowest BCUT2D eigenvalue weighted by molar-refractivity contribution is 0.964. The molecule has 0 fully saturated rings. The predicted molar refractivity (Wildman–Crippen MR) is 166 cm³/mol. The van der Waals surface area contributed by atoms with Crippen molar-refractivity contribution < 1.29 is 0 Å². The fourth-order valence-electron chi connectivity index (χ4n) is 6.03. The molecule has 0 saturated heterocycles. The molecule has 7 rings (SSSR count). The van der Waals surface area contributed by atoms with Gasteiger partial charge in [0.15, 0.2) is 0 Å². The lowest BCUT2D eigenvalue weighted by Crippen LogP contribution is -2.01. The number of rotatable bonds is 2. The van der Waals surface area contributed by atoms with E-state index in [-0.39, 0.29) is 0 Å². The third-order valence-electron chi connectivity index (χ3n) is 7.89. The van der Waals surface area contributed by atoms with Crippen LogP contribution in [0.15, 0.2) is 140 Å². The number of fused-ring (bicyclic) bond motifs is 7. The van der Waals surface area contributed by atoms with Gasteiger partial charge in [0.2, 0.25) is 0 Å². The monoisotopic (exact) mass is 518 g/mol. The summed E-state index contributed by atoms with van der Waals surface area (Å²) in [6.45, 7) is 0. The molecule has 0 nitrogen and oxygen atoms in total. The summed E-state index contributed by atoms with van der Waals surface area (Å²) in [7, 11) is 0. The van der Waals surface area contributed by atoms with E-state index in [0.29, 0.717) is 0 Å². The summed E-state index contributed by atoms with van der Waals surface area (Å²) in [5, 5.41) is 0.764. The van der Waals surface area contributed by atoms with Crippen molar-refractivity contribution in [2.45, 2.75) is 12.8 Å². The second-order valence-electron chi connectivity index (χ2n) is 10.2. The molecule has 0 aromatic heterocycles. The number of hydrogen-bond acceptors (Lipinski definition) is 0. The Hall–Kier alpha value is -4.39. The van der Waals surface area contributed by atoms with Gasteiger partial charge in [-0.15, -0.1) is 0 Å². The Balaban J connectivity index is 1.46. The average molecular weight is 519 g/mol. The molecule has 0 N–H and O–H groups in total. The highest BCUT2D eigenvalue weighted by Gasteiger charge is 2.19. The Morgan fingerprint density at radius 1 is 0.333 bits per heavy atom. The van der Waals surface area contributed by atoms with E-state index in [0.717, 1.165) is 17.9 Å². The van der Waals surface area contributed by atoms with Crippen LogP contribution in [0.5, 0.6) is 0 Å². The van der Waals surface area contributed by atoms with E-state index >= 15 is 0 Å². The molecule has 6 aromatic carbocycles. The highest BCUT2D eigenvalue weighted by atomic mass is 35.5. The van der Waals surface area contributed by atoms with Crippen LogP contribution in [0.3, 0.4) is 0 Å². The predicted octanol–water partition coefficient (Wildman–Crippen LogP) is 10.8. The molecule has 0 bridgehead atoms. The van der Waals surface area contributed by atoms with E-state index in [2.05, 4.69) is 133 Å². The number of halogens is 1. The van der Waals surface area contributed by atoms with Gasteiger partial charge < -0.3 is 0 Å². The molecule has 0 unspecified atom stereocenters. The second kappa shape index (κ2) is 10.1. The van der Waals surface area contributed by atoms with E-state index in [1.165, 1.54) is 66.8 Å². The van der Waals surface area contributed by atoms with Crippen LogP contribution in [0.4, 0.5) is 0 Å². The van der Waals surface area contributed by atoms with E-state index in [1.54, 1.807) is 0 Å². The van der Waals surface area contributed by atoms with Gasteiger partial charge in [0.25, 0.3) is 0 Å². The van der Waals surface area contributed by atoms with Crippen molar-refractivity contribution in [3.8, 4) is 55.6 Å². The maximum Gasteiger partial charge on any atom is 0.0412 e. The largest absolute Gasteiger partial charge is 0.0843 e. The van der Waals surface area contributed by atoms with E-state index in [4.69, 9.17) is 11.6 Å². The molecular formula is C38H27Cl. The molecule has 186 valence electrons. The van der Waals surface area contributed by atoms with Gasteiger partial charge in [-0.05, 0) is 91.7 Å². The van der Waals surface area contributed by atoms with Gasteiger partial charge >= 0.3 is 0 Å². The van der Waals surface area contributed by atoms with Crippen molar-refractivity contribution in [2.24, 2.45) is 0 Å². The summed E-state index contributed by atoms with van der Waals surface area (Å²) in [5.41, 5.74) is 15.2. The average Bonchev–Trinajstić information content (AvgIpc) is 3.00. The van der Waals surface area contributed by atoms with Crippen molar-refractivity contribution >= 4 is 11.6 Å². The summed E-state index contributed by atoms with van der Waals surface area (Å²) < 4.78 is 0. The first kappa shape index (κ1) is 23.7. The van der Waals surface area contributed by atoms with Crippen LogP contribution in [0.25, 0.3) is 55.6 Å². The maximum atomic E-state index is 6.55. The van der Waals surface area contributed by atoms with Crippen molar-refractivity contribution in [1.82, 2.24) is 0 Å². The quantitative estimate of drug-likeness (QED) is 0.214. The molecular weight excluding hydrogens is 492 g/mol. The minimum absolute atomic E-state index is 0.764. The van der Waals surface area contributed by atoms with Gasteiger partial charge in [-0.2, -0.15) is 0 Å². The second-order valence-corrected chi connectivity index (χ2v) is 10.6. The molecule has 0 heterocycles. The third kappa shape index (κ3) is 4.38. The molecule has 0 aliphatic heterocycles. The molecule has 1 heteroatoms. The van der Waals surface area contributed by atoms with Crippen molar-refractivity contribution in [3.63, 3.8) is 0 Å². The Labute approximate surface area is 235 Å². The Morgan fingerprint density at radius 2 is 0.846 bits per heavy atom.